The Labute approximate surface area is 164 Å². The molecule has 0 aliphatic carbocycles. The Balaban J connectivity index is 2.55. The number of hydrogen-bond donors (Lipinski definition) is 4. The average Bonchev–Trinajstić information content (AvgIpc) is 2.62. The molecule has 4 N–H and O–H groups in total. The van der Waals surface area contributed by atoms with Crippen LogP contribution in [0.4, 0.5) is 4.79 Å². The quantitative estimate of drug-likeness (QED) is 0.288. The van der Waals surface area contributed by atoms with Crippen LogP contribution in [0.5, 0.6) is 5.75 Å². The predicted octanol–water partition coefficient (Wildman–Crippen LogP) is 1.99. The number of ether oxygens (including phenoxy) is 2. The summed E-state index contributed by atoms with van der Waals surface area (Å²) < 4.78 is 10.4. The molecule has 0 spiro atoms. The van der Waals surface area contributed by atoms with E-state index in [0.29, 0.717) is 24.3 Å². The molecule has 0 saturated heterocycles. The molecule has 1 aromatic rings. The lowest BCUT2D eigenvalue weighted by Gasteiger charge is -2.20. The Morgan fingerprint density at radius 1 is 1.14 bits per heavy atom. The van der Waals surface area contributed by atoms with E-state index in [1.54, 1.807) is 50.5 Å². The number of carbonyl (C=O) groups is 3. The Morgan fingerprint density at radius 2 is 1.79 bits per heavy atom. The highest BCUT2D eigenvalue weighted by Gasteiger charge is 2.21. The lowest BCUT2D eigenvalue weighted by molar-refractivity contribution is -0.131. The standard InChI is InChI=1S/C19H29N3O6/c1-5-27-14-10-8-13(9-11-14)16(23)21-15(17(24)22-26)7-6-12-20-18(25)28-19(2,3)4/h8-11,15,26H,5-7,12H2,1-4H3,(H,20,25)(H,21,23)(H,22,24)/t15-/m0/s1. The van der Waals surface area contributed by atoms with Gasteiger partial charge in [-0.2, -0.15) is 0 Å². The van der Waals surface area contributed by atoms with Crippen LogP contribution in [0.15, 0.2) is 24.3 Å². The zero-order valence-corrected chi connectivity index (χ0v) is 16.7. The first-order valence-electron chi connectivity index (χ1n) is 9.10. The number of amides is 3. The normalized spacial score (nSPS) is 11.9. The second-order valence-corrected chi connectivity index (χ2v) is 7.03. The van der Waals surface area contributed by atoms with Crippen molar-refractivity contribution in [2.75, 3.05) is 13.2 Å². The first kappa shape index (κ1) is 23.2. The topological polar surface area (TPSA) is 126 Å². The maximum atomic E-state index is 12.3. The van der Waals surface area contributed by atoms with E-state index in [1.807, 2.05) is 6.92 Å². The third kappa shape index (κ3) is 8.72. The van der Waals surface area contributed by atoms with Gasteiger partial charge in [-0.3, -0.25) is 14.8 Å². The maximum Gasteiger partial charge on any atom is 0.407 e. The molecule has 0 aliphatic rings. The summed E-state index contributed by atoms with van der Waals surface area (Å²) in [5, 5.41) is 14.0. The Hall–Kier alpha value is -2.81. The molecule has 9 nitrogen and oxygen atoms in total. The lowest BCUT2D eigenvalue weighted by atomic mass is 10.1. The number of rotatable bonds is 9. The van der Waals surface area contributed by atoms with Gasteiger partial charge in [-0.15, -0.1) is 0 Å². The minimum Gasteiger partial charge on any atom is -0.494 e. The molecular formula is C19H29N3O6. The number of hydroxylamine groups is 1. The first-order chi connectivity index (χ1) is 13.2. The Kier molecular flexibility index (Phi) is 9.23. The Bertz CT molecular complexity index is 655. The Morgan fingerprint density at radius 3 is 2.32 bits per heavy atom. The van der Waals surface area contributed by atoms with Crippen molar-refractivity contribution in [3.63, 3.8) is 0 Å². The molecule has 0 aliphatic heterocycles. The summed E-state index contributed by atoms with van der Waals surface area (Å²) in [7, 11) is 0. The van der Waals surface area contributed by atoms with Gasteiger partial charge in [-0.05, 0) is 64.8 Å². The fourth-order valence-electron chi connectivity index (χ4n) is 2.27. The van der Waals surface area contributed by atoms with Crippen molar-refractivity contribution in [3.8, 4) is 5.75 Å². The van der Waals surface area contributed by atoms with Gasteiger partial charge in [0.1, 0.15) is 17.4 Å². The largest absolute Gasteiger partial charge is 0.494 e. The summed E-state index contributed by atoms with van der Waals surface area (Å²) in [5.74, 6) is -0.565. The van der Waals surface area contributed by atoms with E-state index in [1.165, 1.54) is 0 Å². The number of carbonyl (C=O) groups excluding carboxylic acids is 3. The zero-order valence-electron chi connectivity index (χ0n) is 16.7. The lowest BCUT2D eigenvalue weighted by Crippen LogP contribution is -2.46. The van der Waals surface area contributed by atoms with Gasteiger partial charge in [-0.1, -0.05) is 0 Å². The fourth-order valence-corrected chi connectivity index (χ4v) is 2.27. The van der Waals surface area contributed by atoms with Crippen LogP contribution in [0.3, 0.4) is 0 Å². The van der Waals surface area contributed by atoms with E-state index < -0.39 is 29.6 Å². The zero-order chi connectivity index (χ0) is 21.2. The summed E-state index contributed by atoms with van der Waals surface area (Å²) in [6, 6.07) is 5.52. The van der Waals surface area contributed by atoms with Crippen LogP contribution in [-0.4, -0.2) is 47.9 Å². The van der Waals surface area contributed by atoms with Crippen LogP contribution in [0, 0.1) is 0 Å². The van der Waals surface area contributed by atoms with Crippen LogP contribution in [0.2, 0.25) is 0 Å². The van der Waals surface area contributed by atoms with Crippen molar-refractivity contribution in [3.05, 3.63) is 29.8 Å². The molecule has 1 atom stereocenters. The van der Waals surface area contributed by atoms with Crippen molar-refractivity contribution in [2.45, 2.75) is 52.2 Å². The molecule has 0 radical (unpaired) electrons. The minimum atomic E-state index is -0.954. The van der Waals surface area contributed by atoms with Crippen LogP contribution in [-0.2, 0) is 9.53 Å². The highest BCUT2D eigenvalue weighted by molar-refractivity contribution is 5.97. The molecule has 156 valence electrons. The van der Waals surface area contributed by atoms with Gasteiger partial charge < -0.3 is 20.1 Å². The van der Waals surface area contributed by atoms with Crippen molar-refractivity contribution >= 4 is 17.9 Å². The number of alkyl carbamates (subject to hydrolysis) is 1. The van der Waals surface area contributed by atoms with Crippen molar-refractivity contribution < 1.29 is 29.1 Å². The second-order valence-electron chi connectivity index (χ2n) is 7.03. The highest BCUT2D eigenvalue weighted by atomic mass is 16.6. The molecule has 28 heavy (non-hydrogen) atoms. The molecule has 0 bridgehead atoms. The van der Waals surface area contributed by atoms with Gasteiger partial charge in [0, 0.05) is 12.1 Å². The van der Waals surface area contributed by atoms with Gasteiger partial charge in [0.15, 0.2) is 0 Å². The molecule has 0 fully saturated rings. The molecule has 0 unspecified atom stereocenters. The number of hydrogen-bond acceptors (Lipinski definition) is 6. The molecule has 3 amide bonds. The molecule has 0 aromatic heterocycles. The van der Waals surface area contributed by atoms with Crippen molar-refractivity contribution in [1.29, 1.82) is 0 Å². The highest BCUT2D eigenvalue weighted by Crippen LogP contribution is 2.12. The average molecular weight is 395 g/mol. The smallest absolute Gasteiger partial charge is 0.407 e. The van der Waals surface area contributed by atoms with Gasteiger partial charge in [0.25, 0.3) is 11.8 Å². The number of benzene rings is 1. The number of nitrogens with one attached hydrogen (secondary N) is 3. The van der Waals surface area contributed by atoms with E-state index in [9.17, 15) is 14.4 Å². The van der Waals surface area contributed by atoms with E-state index >= 15 is 0 Å². The van der Waals surface area contributed by atoms with Crippen LogP contribution in [0.25, 0.3) is 0 Å². The molecule has 0 heterocycles. The molecular weight excluding hydrogens is 366 g/mol. The van der Waals surface area contributed by atoms with Crippen LogP contribution < -0.4 is 20.9 Å². The van der Waals surface area contributed by atoms with Gasteiger partial charge in [0.05, 0.1) is 6.61 Å². The van der Waals surface area contributed by atoms with Gasteiger partial charge in [-0.25, -0.2) is 10.3 Å². The van der Waals surface area contributed by atoms with E-state index in [4.69, 9.17) is 14.7 Å². The second kappa shape index (κ2) is 11.1. The molecule has 1 aromatic carbocycles. The maximum absolute atomic E-state index is 12.3. The third-order valence-electron chi connectivity index (χ3n) is 3.50. The van der Waals surface area contributed by atoms with Crippen molar-refractivity contribution in [1.82, 2.24) is 16.1 Å². The summed E-state index contributed by atoms with van der Waals surface area (Å²) >= 11 is 0. The summed E-state index contributed by atoms with van der Waals surface area (Å²) in [4.78, 5) is 35.8. The molecule has 0 saturated carbocycles. The molecule has 9 heteroatoms. The summed E-state index contributed by atoms with van der Waals surface area (Å²) in [6.45, 7) is 7.89. The SMILES string of the molecule is CCOc1ccc(C(=O)N[C@@H](CCCNC(=O)OC(C)(C)C)C(=O)NO)cc1. The van der Waals surface area contributed by atoms with Crippen LogP contribution in [0.1, 0.15) is 50.9 Å². The molecule has 1 rings (SSSR count). The van der Waals surface area contributed by atoms with E-state index in [-0.39, 0.29) is 13.0 Å². The predicted molar refractivity (Wildman–Crippen MR) is 102 cm³/mol. The van der Waals surface area contributed by atoms with E-state index in [0.717, 1.165) is 0 Å². The monoisotopic (exact) mass is 395 g/mol. The van der Waals surface area contributed by atoms with Crippen LogP contribution >= 0.6 is 0 Å². The van der Waals surface area contributed by atoms with Gasteiger partial charge in [0.2, 0.25) is 0 Å². The third-order valence-corrected chi connectivity index (χ3v) is 3.50. The summed E-state index contributed by atoms with van der Waals surface area (Å²) in [6.07, 6.45) is 0.0420. The van der Waals surface area contributed by atoms with Crippen molar-refractivity contribution in [2.24, 2.45) is 0 Å². The fraction of sp³-hybridized carbons (Fsp3) is 0.526. The van der Waals surface area contributed by atoms with E-state index in [2.05, 4.69) is 10.6 Å². The van der Waals surface area contributed by atoms with Gasteiger partial charge >= 0.3 is 6.09 Å². The first-order valence-corrected chi connectivity index (χ1v) is 9.10. The summed E-state index contributed by atoms with van der Waals surface area (Å²) in [5.41, 5.74) is 1.29. The minimum absolute atomic E-state index is 0.213.